The summed E-state index contributed by atoms with van der Waals surface area (Å²) in [5, 5.41) is 11.8. The second kappa shape index (κ2) is 7.84. The minimum atomic E-state index is -0.293. The summed E-state index contributed by atoms with van der Waals surface area (Å²) in [6, 6.07) is -0.0300. The highest BCUT2D eigenvalue weighted by Crippen LogP contribution is 2.13. The van der Waals surface area contributed by atoms with Gasteiger partial charge in [0.05, 0.1) is 24.7 Å². The first kappa shape index (κ1) is 16.4. The molecule has 0 aliphatic carbocycles. The Morgan fingerprint density at radius 2 is 2.23 bits per heavy atom. The Kier molecular flexibility index (Phi) is 5.83. The quantitative estimate of drug-likeness (QED) is 0.825. The molecule has 2 rings (SSSR count). The fourth-order valence-electron chi connectivity index (χ4n) is 2.50. The molecule has 1 fully saturated rings. The maximum atomic E-state index is 12.1. The fourth-order valence-corrected chi connectivity index (χ4v) is 2.50. The molecule has 0 radical (unpaired) electrons. The van der Waals surface area contributed by atoms with Crippen LogP contribution in [0.5, 0.6) is 0 Å². The predicted octanol–water partition coefficient (Wildman–Crippen LogP) is 0.490. The fraction of sp³-hybridized carbons (Fsp3) is 0.600. The number of amides is 2. The van der Waals surface area contributed by atoms with Gasteiger partial charge in [0.25, 0.3) is 5.91 Å². The van der Waals surface area contributed by atoms with Gasteiger partial charge in [0, 0.05) is 25.6 Å². The van der Waals surface area contributed by atoms with Gasteiger partial charge in [-0.3, -0.25) is 14.6 Å². The third kappa shape index (κ3) is 4.24. The first-order chi connectivity index (χ1) is 10.6. The summed E-state index contributed by atoms with van der Waals surface area (Å²) < 4.78 is 0. The summed E-state index contributed by atoms with van der Waals surface area (Å²) in [7, 11) is 0. The van der Waals surface area contributed by atoms with Gasteiger partial charge in [0.2, 0.25) is 5.91 Å². The Morgan fingerprint density at radius 3 is 2.86 bits per heavy atom. The number of nitrogens with one attached hydrogen (secondary N) is 1. The van der Waals surface area contributed by atoms with Crippen molar-refractivity contribution in [1.29, 1.82) is 0 Å². The van der Waals surface area contributed by atoms with Crippen molar-refractivity contribution in [2.75, 3.05) is 13.1 Å². The van der Waals surface area contributed by atoms with E-state index >= 15 is 0 Å². The van der Waals surface area contributed by atoms with E-state index in [1.165, 1.54) is 12.4 Å². The highest BCUT2D eigenvalue weighted by molar-refractivity contribution is 5.92. The van der Waals surface area contributed by atoms with Gasteiger partial charge in [-0.25, -0.2) is 4.98 Å². The average Bonchev–Trinajstić information content (AvgIpc) is 2.71. The molecule has 120 valence electrons. The van der Waals surface area contributed by atoms with Crippen LogP contribution in [0.1, 0.15) is 48.8 Å². The van der Waals surface area contributed by atoms with Gasteiger partial charge < -0.3 is 15.3 Å². The van der Waals surface area contributed by atoms with E-state index in [1.54, 1.807) is 0 Å². The van der Waals surface area contributed by atoms with Gasteiger partial charge in [0.15, 0.2) is 0 Å². The van der Waals surface area contributed by atoms with Gasteiger partial charge >= 0.3 is 0 Å². The number of carbonyl (C=O) groups is 2. The standard InChI is InChI=1S/C15H22N4O3/c1-2-6-19-7-5-11(3-4-14(19)21)18-15(22)13-9-16-12(10-20)8-17-13/h8-9,11,20H,2-7,10H2,1H3,(H,18,22). The molecule has 22 heavy (non-hydrogen) atoms. The van der Waals surface area contributed by atoms with Crippen LogP contribution in [0.2, 0.25) is 0 Å². The number of hydrogen-bond donors (Lipinski definition) is 2. The molecule has 2 heterocycles. The van der Waals surface area contributed by atoms with Gasteiger partial charge in [-0.15, -0.1) is 0 Å². The highest BCUT2D eigenvalue weighted by Gasteiger charge is 2.23. The zero-order chi connectivity index (χ0) is 15.9. The molecule has 0 saturated carbocycles. The monoisotopic (exact) mass is 306 g/mol. The molecule has 0 bridgehead atoms. The molecule has 2 amide bonds. The molecule has 7 heteroatoms. The van der Waals surface area contributed by atoms with Crippen molar-refractivity contribution >= 4 is 11.8 Å². The lowest BCUT2D eigenvalue weighted by Crippen LogP contribution is -2.36. The average molecular weight is 306 g/mol. The van der Waals surface area contributed by atoms with E-state index in [0.29, 0.717) is 25.1 Å². The van der Waals surface area contributed by atoms with E-state index in [1.807, 2.05) is 11.8 Å². The second-order valence-electron chi connectivity index (χ2n) is 5.43. The molecule has 1 aliphatic rings. The summed E-state index contributed by atoms with van der Waals surface area (Å²) in [5.41, 5.74) is 0.644. The molecular weight excluding hydrogens is 284 g/mol. The van der Waals surface area contributed by atoms with E-state index in [-0.39, 0.29) is 30.2 Å². The second-order valence-corrected chi connectivity index (χ2v) is 5.43. The maximum Gasteiger partial charge on any atom is 0.271 e. The van der Waals surface area contributed by atoms with E-state index < -0.39 is 0 Å². The number of carbonyl (C=O) groups excluding carboxylic acids is 2. The predicted molar refractivity (Wildman–Crippen MR) is 79.9 cm³/mol. The van der Waals surface area contributed by atoms with Gasteiger partial charge in [0.1, 0.15) is 5.69 Å². The summed E-state index contributed by atoms with van der Waals surface area (Å²) >= 11 is 0. The molecule has 1 atom stereocenters. The number of nitrogens with zero attached hydrogens (tertiary/aromatic N) is 3. The third-order valence-electron chi connectivity index (χ3n) is 3.74. The normalized spacial score (nSPS) is 18.9. The van der Waals surface area contributed by atoms with Crippen LogP contribution in [0.3, 0.4) is 0 Å². The Morgan fingerprint density at radius 1 is 1.41 bits per heavy atom. The number of aromatic nitrogens is 2. The van der Waals surface area contributed by atoms with E-state index in [9.17, 15) is 9.59 Å². The highest BCUT2D eigenvalue weighted by atomic mass is 16.3. The van der Waals surface area contributed by atoms with Gasteiger partial charge in [-0.1, -0.05) is 6.92 Å². The van der Waals surface area contributed by atoms with Crippen LogP contribution in [0.4, 0.5) is 0 Å². The molecule has 7 nitrogen and oxygen atoms in total. The zero-order valence-corrected chi connectivity index (χ0v) is 12.8. The lowest BCUT2D eigenvalue weighted by atomic mass is 10.1. The first-order valence-electron chi connectivity index (χ1n) is 7.64. The number of hydrogen-bond acceptors (Lipinski definition) is 5. The maximum absolute atomic E-state index is 12.1. The van der Waals surface area contributed by atoms with Crippen LogP contribution in [-0.4, -0.2) is 50.9 Å². The zero-order valence-electron chi connectivity index (χ0n) is 12.8. The minimum absolute atomic E-state index is 0.0300. The number of aliphatic hydroxyl groups excluding tert-OH is 1. The van der Waals surface area contributed by atoms with Crippen molar-refractivity contribution in [2.45, 2.75) is 45.3 Å². The number of likely N-dealkylation sites (tertiary alicyclic amines) is 1. The summed E-state index contributed by atoms with van der Waals surface area (Å²) in [6.07, 6.45) is 5.53. The molecular formula is C15H22N4O3. The van der Waals surface area contributed by atoms with Crippen LogP contribution in [-0.2, 0) is 11.4 Å². The first-order valence-corrected chi connectivity index (χ1v) is 7.64. The van der Waals surface area contributed by atoms with Crippen molar-refractivity contribution in [1.82, 2.24) is 20.2 Å². The summed E-state index contributed by atoms with van der Waals surface area (Å²) in [5.74, 6) is -0.135. The van der Waals surface area contributed by atoms with Crippen LogP contribution >= 0.6 is 0 Å². The van der Waals surface area contributed by atoms with Crippen LogP contribution in [0.25, 0.3) is 0 Å². The van der Waals surface area contributed by atoms with Crippen molar-refractivity contribution in [2.24, 2.45) is 0 Å². The van der Waals surface area contributed by atoms with Gasteiger partial charge in [-0.05, 0) is 19.3 Å². The molecule has 0 spiro atoms. The van der Waals surface area contributed by atoms with Crippen molar-refractivity contribution < 1.29 is 14.7 Å². The van der Waals surface area contributed by atoms with Crippen molar-refractivity contribution in [3.05, 3.63) is 23.8 Å². The molecule has 1 unspecified atom stereocenters. The Balaban J connectivity index is 1.92. The van der Waals surface area contributed by atoms with Crippen molar-refractivity contribution in [3.63, 3.8) is 0 Å². The molecule has 0 aromatic carbocycles. The number of aliphatic hydroxyl groups is 1. The summed E-state index contributed by atoms with van der Waals surface area (Å²) in [6.45, 7) is 3.29. The molecule has 2 N–H and O–H groups in total. The van der Waals surface area contributed by atoms with E-state index in [2.05, 4.69) is 15.3 Å². The Bertz CT molecular complexity index is 518. The molecule has 1 aromatic rings. The molecule has 1 aliphatic heterocycles. The van der Waals surface area contributed by atoms with Crippen LogP contribution in [0.15, 0.2) is 12.4 Å². The largest absolute Gasteiger partial charge is 0.390 e. The van der Waals surface area contributed by atoms with E-state index in [0.717, 1.165) is 19.4 Å². The Hall–Kier alpha value is -2.02. The van der Waals surface area contributed by atoms with Crippen molar-refractivity contribution in [3.8, 4) is 0 Å². The topological polar surface area (TPSA) is 95.4 Å². The van der Waals surface area contributed by atoms with Crippen LogP contribution < -0.4 is 5.32 Å². The third-order valence-corrected chi connectivity index (χ3v) is 3.74. The molecule has 1 saturated heterocycles. The number of rotatable bonds is 5. The van der Waals surface area contributed by atoms with E-state index in [4.69, 9.17) is 5.11 Å². The summed E-state index contributed by atoms with van der Waals surface area (Å²) in [4.78, 5) is 33.9. The minimum Gasteiger partial charge on any atom is -0.390 e. The smallest absolute Gasteiger partial charge is 0.271 e. The van der Waals surface area contributed by atoms with Crippen LogP contribution in [0, 0.1) is 0 Å². The Labute approximate surface area is 129 Å². The lowest BCUT2D eigenvalue weighted by molar-refractivity contribution is -0.130. The molecule has 1 aromatic heterocycles. The van der Waals surface area contributed by atoms with Gasteiger partial charge in [-0.2, -0.15) is 0 Å². The lowest BCUT2D eigenvalue weighted by Gasteiger charge is -2.20. The SMILES string of the molecule is CCCN1CCC(NC(=O)c2cnc(CO)cn2)CCC1=O.